The maximum Gasteiger partial charge on any atom is 0.172 e. The fourth-order valence-corrected chi connectivity index (χ4v) is 2.47. The maximum atomic E-state index is 9.17. The third-order valence-corrected chi connectivity index (χ3v) is 3.70. The number of rotatable bonds is 8. The summed E-state index contributed by atoms with van der Waals surface area (Å²) < 4.78 is 0. The Balaban J connectivity index is 0.00000324. The largest absolute Gasteiger partial charge is 0.499 e. The quantitative estimate of drug-likeness (QED) is 0.459. The van der Waals surface area contributed by atoms with Crippen molar-refractivity contribution in [2.45, 2.75) is 72.1 Å². The Labute approximate surface area is 123 Å². The van der Waals surface area contributed by atoms with E-state index < -0.39 is 0 Å². The van der Waals surface area contributed by atoms with Crippen molar-refractivity contribution < 1.29 is 5.11 Å². The van der Waals surface area contributed by atoms with Gasteiger partial charge >= 0.3 is 0 Å². The van der Waals surface area contributed by atoms with Crippen molar-refractivity contribution in [3.05, 3.63) is 17.0 Å². The molecule has 0 bridgehead atoms. The van der Waals surface area contributed by atoms with E-state index in [9.17, 15) is 0 Å². The second-order valence-electron chi connectivity index (χ2n) is 4.70. The van der Waals surface area contributed by atoms with Gasteiger partial charge in [0.1, 0.15) is 0 Å². The molecule has 0 aliphatic rings. The van der Waals surface area contributed by atoms with Gasteiger partial charge in [0, 0.05) is 23.4 Å². The molecular weight excluding hydrogens is 252 g/mol. The highest BCUT2D eigenvalue weighted by Crippen LogP contribution is 2.19. The highest BCUT2D eigenvalue weighted by atomic mass is 32.1. The van der Waals surface area contributed by atoms with Crippen LogP contribution in [0.4, 0.5) is 0 Å². The molecule has 0 amide bonds. The van der Waals surface area contributed by atoms with Gasteiger partial charge in [0.15, 0.2) is 5.06 Å². The molecule has 0 aromatic carbocycles. The van der Waals surface area contributed by atoms with Crippen molar-refractivity contribution in [3.63, 3.8) is 0 Å². The molecule has 19 heavy (non-hydrogen) atoms. The van der Waals surface area contributed by atoms with Crippen LogP contribution in [0.2, 0.25) is 0 Å². The molecule has 108 valence electrons. The fourth-order valence-electron chi connectivity index (χ4n) is 1.90. The van der Waals surface area contributed by atoms with E-state index in [1.165, 1.54) is 62.7 Å². The number of unbranched alkanes of at least 4 members (excludes halogenated alkanes) is 8. The van der Waals surface area contributed by atoms with Crippen LogP contribution in [0.3, 0.4) is 0 Å². The van der Waals surface area contributed by atoms with E-state index in [0.29, 0.717) is 5.06 Å². The maximum absolute atomic E-state index is 9.17. The summed E-state index contributed by atoms with van der Waals surface area (Å²) in [6, 6.07) is 1.73. The average Bonchev–Trinajstić information content (AvgIpc) is 2.77. The average molecular weight is 280 g/mol. The normalized spacial score (nSPS) is 9.53. The third kappa shape index (κ3) is 9.62. The zero-order valence-electron chi connectivity index (χ0n) is 11.4. The first kappa shape index (κ1) is 18.1. The molecule has 0 spiro atoms. The molecule has 1 nitrogen and oxygen atoms in total. The number of hydrogen-bond acceptors (Lipinski definition) is 2. The molecule has 0 atom stereocenters. The van der Waals surface area contributed by atoms with Crippen LogP contribution in [0.5, 0.6) is 5.06 Å². The minimum Gasteiger partial charge on any atom is -0.499 e. The number of thiophene rings is 1. The van der Waals surface area contributed by atoms with Crippen LogP contribution in [-0.4, -0.2) is 5.11 Å². The van der Waals surface area contributed by atoms with Gasteiger partial charge in [-0.2, -0.15) is 0 Å². The smallest absolute Gasteiger partial charge is 0.172 e. The van der Waals surface area contributed by atoms with Crippen LogP contribution >= 0.6 is 11.3 Å². The van der Waals surface area contributed by atoms with Crippen LogP contribution in [0, 0.1) is 11.8 Å². The minimum atomic E-state index is 0. The fraction of sp³-hybridized carbons (Fsp3) is 0.647. The van der Waals surface area contributed by atoms with Crippen LogP contribution in [0.25, 0.3) is 0 Å². The molecule has 0 saturated heterocycles. The van der Waals surface area contributed by atoms with Gasteiger partial charge in [-0.3, -0.25) is 0 Å². The van der Waals surface area contributed by atoms with Gasteiger partial charge in [0.2, 0.25) is 0 Å². The Kier molecular flexibility index (Phi) is 11.5. The predicted molar refractivity (Wildman–Crippen MR) is 86.8 cm³/mol. The lowest BCUT2D eigenvalue weighted by atomic mass is 10.1. The van der Waals surface area contributed by atoms with Gasteiger partial charge in [-0.05, 0) is 6.42 Å². The molecule has 0 fully saturated rings. The monoisotopic (exact) mass is 280 g/mol. The van der Waals surface area contributed by atoms with Gasteiger partial charge in [0.05, 0.1) is 0 Å². The summed E-state index contributed by atoms with van der Waals surface area (Å²) in [4.78, 5) is 0. The molecule has 1 aromatic rings. The molecule has 0 aliphatic carbocycles. The van der Waals surface area contributed by atoms with Crippen molar-refractivity contribution >= 4 is 11.3 Å². The lowest BCUT2D eigenvalue weighted by molar-refractivity contribution is 0.491. The van der Waals surface area contributed by atoms with Crippen molar-refractivity contribution in [1.82, 2.24) is 0 Å². The Morgan fingerprint density at radius 2 is 1.68 bits per heavy atom. The summed E-state index contributed by atoms with van der Waals surface area (Å²) in [5.74, 6) is 6.26. The highest BCUT2D eigenvalue weighted by molar-refractivity contribution is 7.11. The van der Waals surface area contributed by atoms with E-state index >= 15 is 0 Å². The van der Waals surface area contributed by atoms with E-state index in [2.05, 4.69) is 18.8 Å². The molecule has 0 radical (unpaired) electrons. The molecule has 0 aliphatic heterocycles. The molecule has 0 saturated carbocycles. The van der Waals surface area contributed by atoms with E-state index in [1.807, 2.05) is 5.38 Å². The minimum absolute atomic E-state index is 0. The summed E-state index contributed by atoms with van der Waals surface area (Å²) in [6.45, 7) is 2.26. The van der Waals surface area contributed by atoms with Crippen molar-refractivity contribution in [2.75, 3.05) is 0 Å². The molecule has 1 aromatic heterocycles. The Morgan fingerprint density at radius 3 is 2.26 bits per heavy atom. The molecule has 2 heteroatoms. The SMILES string of the molecule is C.CCCCCCCCCCC#Cc1csc(O)c1. The van der Waals surface area contributed by atoms with E-state index in [4.69, 9.17) is 5.11 Å². The predicted octanol–water partition coefficient (Wildman–Crippen LogP) is 5.97. The van der Waals surface area contributed by atoms with E-state index in [-0.39, 0.29) is 7.43 Å². The molecular formula is C17H28OS. The summed E-state index contributed by atoms with van der Waals surface area (Å²) >= 11 is 1.34. The molecule has 1 N–H and O–H groups in total. The Bertz CT molecular complexity index is 370. The third-order valence-electron chi connectivity index (χ3n) is 2.97. The van der Waals surface area contributed by atoms with E-state index in [1.54, 1.807) is 6.07 Å². The lowest BCUT2D eigenvalue weighted by Gasteiger charge is -1.99. The topological polar surface area (TPSA) is 20.2 Å². The molecule has 1 heterocycles. The van der Waals surface area contributed by atoms with Crippen molar-refractivity contribution in [1.29, 1.82) is 0 Å². The van der Waals surface area contributed by atoms with Gasteiger partial charge in [-0.1, -0.05) is 71.1 Å². The molecule has 1 rings (SSSR count). The highest BCUT2D eigenvalue weighted by Gasteiger charge is 1.93. The second kappa shape index (κ2) is 12.1. The Hall–Kier alpha value is -0.940. The summed E-state index contributed by atoms with van der Waals surface area (Å²) in [6.07, 6.45) is 11.7. The van der Waals surface area contributed by atoms with Crippen LogP contribution in [0.15, 0.2) is 11.4 Å². The van der Waals surface area contributed by atoms with Crippen LogP contribution in [-0.2, 0) is 0 Å². The number of hydrogen-bond donors (Lipinski definition) is 1. The zero-order valence-corrected chi connectivity index (χ0v) is 12.2. The van der Waals surface area contributed by atoms with Crippen LogP contribution in [0.1, 0.15) is 77.7 Å². The lowest BCUT2D eigenvalue weighted by Crippen LogP contribution is -1.80. The summed E-state index contributed by atoms with van der Waals surface area (Å²) in [5.41, 5.74) is 0.942. The van der Waals surface area contributed by atoms with Gasteiger partial charge in [0.25, 0.3) is 0 Å². The zero-order chi connectivity index (χ0) is 13.1. The molecule has 0 unspecified atom stereocenters. The number of aromatic hydroxyl groups is 1. The first-order valence-corrected chi connectivity index (χ1v) is 7.97. The standard InChI is InChI=1S/C16H24OS.CH4/c1-2-3-4-5-6-7-8-9-10-11-12-15-13-16(17)18-14-15;/h13-14,17H,2-10H2,1H3;1H4. The summed E-state index contributed by atoms with van der Waals surface area (Å²) in [7, 11) is 0. The summed E-state index contributed by atoms with van der Waals surface area (Å²) in [5, 5.41) is 11.4. The first-order chi connectivity index (χ1) is 8.83. The van der Waals surface area contributed by atoms with Gasteiger partial charge < -0.3 is 5.11 Å². The first-order valence-electron chi connectivity index (χ1n) is 7.09. The Morgan fingerprint density at radius 1 is 1.05 bits per heavy atom. The van der Waals surface area contributed by atoms with Gasteiger partial charge in [-0.15, -0.1) is 11.3 Å². The van der Waals surface area contributed by atoms with E-state index in [0.717, 1.165) is 12.0 Å². The van der Waals surface area contributed by atoms with Crippen LogP contribution < -0.4 is 0 Å². The van der Waals surface area contributed by atoms with Crippen molar-refractivity contribution in [2.24, 2.45) is 0 Å². The van der Waals surface area contributed by atoms with Crippen molar-refractivity contribution in [3.8, 4) is 16.9 Å². The second-order valence-corrected chi connectivity index (χ2v) is 5.59. The van der Waals surface area contributed by atoms with Gasteiger partial charge in [-0.25, -0.2) is 0 Å².